The number of nitrogens with one attached hydrogen (secondary N) is 1. The summed E-state index contributed by atoms with van der Waals surface area (Å²) in [4.78, 5) is 25.9. The Labute approximate surface area is 123 Å². The molecule has 5 heteroatoms. The van der Waals surface area contributed by atoms with Gasteiger partial charge in [-0.05, 0) is 37.0 Å². The second kappa shape index (κ2) is 5.84. The first-order valence-electron chi connectivity index (χ1n) is 7.45. The van der Waals surface area contributed by atoms with Crippen LogP contribution in [0.15, 0.2) is 24.3 Å². The van der Waals surface area contributed by atoms with E-state index >= 15 is 0 Å². The molecule has 21 heavy (non-hydrogen) atoms. The summed E-state index contributed by atoms with van der Waals surface area (Å²) in [6.07, 6.45) is 3.18. The largest absolute Gasteiger partial charge is 0.352 e. The molecule has 1 atom stereocenters. The van der Waals surface area contributed by atoms with Crippen molar-refractivity contribution in [1.29, 1.82) is 0 Å². The highest BCUT2D eigenvalue weighted by Gasteiger charge is 2.38. The van der Waals surface area contributed by atoms with Gasteiger partial charge in [0.2, 0.25) is 11.8 Å². The number of nitrogens with zero attached hydrogens (tertiary/aromatic N) is 1. The average Bonchev–Trinajstić information content (AvgIpc) is 3.30. The highest BCUT2D eigenvalue weighted by atomic mass is 19.1. The molecular weight excluding hydrogens is 271 g/mol. The van der Waals surface area contributed by atoms with Gasteiger partial charge in [-0.3, -0.25) is 9.59 Å². The van der Waals surface area contributed by atoms with Crippen LogP contribution in [0.2, 0.25) is 0 Å². The summed E-state index contributed by atoms with van der Waals surface area (Å²) in [5.74, 6) is -0.314. The minimum Gasteiger partial charge on any atom is -0.352 e. The van der Waals surface area contributed by atoms with E-state index in [1.165, 1.54) is 12.1 Å². The second-order valence-electron chi connectivity index (χ2n) is 5.86. The Morgan fingerprint density at radius 2 is 2.14 bits per heavy atom. The van der Waals surface area contributed by atoms with Crippen LogP contribution in [-0.4, -0.2) is 29.3 Å². The number of halogens is 1. The van der Waals surface area contributed by atoms with Gasteiger partial charge in [-0.1, -0.05) is 12.1 Å². The van der Waals surface area contributed by atoms with Gasteiger partial charge >= 0.3 is 0 Å². The van der Waals surface area contributed by atoms with Gasteiger partial charge < -0.3 is 10.2 Å². The fraction of sp³-hybridized carbons (Fsp3) is 0.500. The number of hydrogen-bond acceptors (Lipinski definition) is 2. The van der Waals surface area contributed by atoms with E-state index in [1.54, 1.807) is 12.1 Å². The molecule has 1 saturated heterocycles. The molecule has 0 bridgehead atoms. The van der Waals surface area contributed by atoms with E-state index in [1.807, 2.05) is 4.90 Å². The lowest BCUT2D eigenvalue weighted by atomic mass is 9.96. The quantitative estimate of drug-likeness (QED) is 0.920. The standard InChI is InChI=1S/C16H19FN2O2/c17-13-3-1-2-11(8-13)9-18-16(21)12-4-7-15(20)19(10-12)14-5-6-14/h1-3,8,12,14H,4-7,9-10H2,(H,18,21)/t12-/m0/s1. The van der Waals surface area contributed by atoms with Gasteiger partial charge in [0, 0.05) is 25.6 Å². The minimum atomic E-state index is -0.301. The van der Waals surface area contributed by atoms with E-state index in [4.69, 9.17) is 0 Å². The Morgan fingerprint density at radius 3 is 2.86 bits per heavy atom. The molecule has 0 unspecified atom stereocenters. The third kappa shape index (κ3) is 3.40. The number of piperidine rings is 1. The van der Waals surface area contributed by atoms with Crippen molar-refractivity contribution >= 4 is 11.8 Å². The Balaban J connectivity index is 1.54. The zero-order valence-corrected chi connectivity index (χ0v) is 11.8. The smallest absolute Gasteiger partial charge is 0.225 e. The molecule has 1 saturated carbocycles. The highest BCUT2D eigenvalue weighted by molar-refractivity contribution is 5.84. The summed E-state index contributed by atoms with van der Waals surface area (Å²) in [5.41, 5.74) is 0.745. The van der Waals surface area contributed by atoms with Crippen molar-refractivity contribution in [2.45, 2.75) is 38.3 Å². The summed E-state index contributed by atoms with van der Waals surface area (Å²) in [6.45, 7) is 0.850. The SMILES string of the molecule is O=C(NCc1cccc(F)c1)[C@H]1CCC(=O)N(C2CC2)C1. The highest BCUT2D eigenvalue weighted by Crippen LogP contribution is 2.31. The molecule has 1 aromatic rings. The molecule has 2 aliphatic rings. The van der Waals surface area contributed by atoms with Gasteiger partial charge in [0.05, 0.1) is 5.92 Å². The second-order valence-corrected chi connectivity index (χ2v) is 5.86. The van der Waals surface area contributed by atoms with E-state index < -0.39 is 0 Å². The zero-order chi connectivity index (χ0) is 14.8. The number of carbonyl (C=O) groups is 2. The molecular formula is C16H19FN2O2. The van der Waals surface area contributed by atoms with Crippen LogP contribution in [0.3, 0.4) is 0 Å². The Hall–Kier alpha value is -1.91. The molecule has 1 aliphatic carbocycles. The Morgan fingerprint density at radius 1 is 1.33 bits per heavy atom. The number of likely N-dealkylation sites (tertiary alicyclic amines) is 1. The van der Waals surface area contributed by atoms with Crippen LogP contribution in [0.5, 0.6) is 0 Å². The Bertz CT molecular complexity index is 557. The first-order chi connectivity index (χ1) is 10.1. The topological polar surface area (TPSA) is 49.4 Å². The predicted octanol–water partition coefficient (Wildman–Crippen LogP) is 1.84. The molecule has 2 fully saturated rings. The number of hydrogen-bond donors (Lipinski definition) is 1. The van der Waals surface area contributed by atoms with Gasteiger partial charge in [0.1, 0.15) is 5.82 Å². The number of amides is 2. The zero-order valence-electron chi connectivity index (χ0n) is 11.8. The first-order valence-corrected chi connectivity index (χ1v) is 7.45. The molecule has 0 spiro atoms. The van der Waals surface area contributed by atoms with Gasteiger partial charge in [0.25, 0.3) is 0 Å². The van der Waals surface area contributed by atoms with Crippen molar-refractivity contribution < 1.29 is 14.0 Å². The van der Waals surface area contributed by atoms with Crippen molar-refractivity contribution in [1.82, 2.24) is 10.2 Å². The number of carbonyl (C=O) groups excluding carboxylic acids is 2. The predicted molar refractivity (Wildman–Crippen MR) is 75.7 cm³/mol. The van der Waals surface area contributed by atoms with E-state index in [9.17, 15) is 14.0 Å². The van der Waals surface area contributed by atoms with Gasteiger partial charge in [-0.25, -0.2) is 4.39 Å². The number of rotatable bonds is 4. The van der Waals surface area contributed by atoms with Gasteiger partial charge in [0.15, 0.2) is 0 Å². The lowest BCUT2D eigenvalue weighted by Crippen LogP contribution is -2.46. The van der Waals surface area contributed by atoms with Crippen LogP contribution in [0, 0.1) is 11.7 Å². The Kier molecular flexibility index (Phi) is 3.90. The van der Waals surface area contributed by atoms with Crippen LogP contribution in [0.1, 0.15) is 31.2 Å². The third-order valence-electron chi connectivity index (χ3n) is 4.16. The monoisotopic (exact) mass is 290 g/mol. The number of benzene rings is 1. The lowest BCUT2D eigenvalue weighted by molar-refractivity contribution is -0.138. The summed E-state index contributed by atoms with van der Waals surface area (Å²) >= 11 is 0. The summed E-state index contributed by atoms with van der Waals surface area (Å²) < 4.78 is 13.1. The van der Waals surface area contributed by atoms with Crippen LogP contribution < -0.4 is 5.32 Å². The fourth-order valence-corrected chi connectivity index (χ4v) is 2.81. The summed E-state index contributed by atoms with van der Waals surface area (Å²) in [5, 5.41) is 2.85. The normalized spacial score (nSPS) is 22.2. The van der Waals surface area contributed by atoms with Crippen LogP contribution in [0.4, 0.5) is 4.39 Å². The van der Waals surface area contributed by atoms with Crippen molar-refractivity contribution in [2.75, 3.05) is 6.54 Å². The maximum Gasteiger partial charge on any atom is 0.225 e. The van der Waals surface area contributed by atoms with Crippen molar-refractivity contribution in [2.24, 2.45) is 5.92 Å². The molecule has 4 nitrogen and oxygen atoms in total. The molecule has 1 heterocycles. The molecule has 0 radical (unpaired) electrons. The maximum atomic E-state index is 13.1. The van der Waals surface area contributed by atoms with Crippen molar-refractivity contribution in [3.8, 4) is 0 Å². The van der Waals surface area contributed by atoms with Crippen LogP contribution in [-0.2, 0) is 16.1 Å². The van der Waals surface area contributed by atoms with Gasteiger partial charge in [-0.2, -0.15) is 0 Å². The lowest BCUT2D eigenvalue weighted by Gasteiger charge is -2.32. The molecule has 1 N–H and O–H groups in total. The first kappa shape index (κ1) is 14.0. The molecule has 1 aliphatic heterocycles. The van der Waals surface area contributed by atoms with Crippen LogP contribution >= 0.6 is 0 Å². The summed E-state index contributed by atoms with van der Waals surface area (Å²) in [6, 6.07) is 6.57. The van der Waals surface area contributed by atoms with Crippen LogP contribution in [0.25, 0.3) is 0 Å². The molecule has 112 valence electrons. The third-order valence-corrected chi connectivity index (χ3v) is 4.16. The van der Waals surface area contributed by atoms with E-state index in [2.05, 4.69) is 5.32 Å². The maximum absolute atomic E-state index is 13.1. The van der Waals surface area contributed by atoms with E-state index in [0.717, 1.165) is 18.4 Å². The molecule has 1 aromatic carbocycles. The molecule has 0 aromatic heterocycles. The minimum absolute atomic E-state index is 0.0441. The molecule has 2 amide bonds. The fourth-order valence-electron chi connectivity index (χ4n) is 2.81. The van der Waals surface area contributed by atoms with Crippen molar-refractivity contribution in [3.05, 3.63) is 35.6 Å². The van der Waals surface area contributed by atoms with E-state index in [0.29, 0.717) is 32.0 Å². The average molecular weight is 290 g/mol. The summed E-state index contributed by atoms with van der Waals surface area (Å²) in [7, 11) is 0. The van der Waals surface area contributed by atoms with Gasteiger partial charge in [-0.15, -0.1) is 0 Å². The molecule has 3 rings (SSSR count). The van der Waals surface area contributed by atoms with E-state index in [-0.39, 0.29) is 23.5 Å². The van der Waals surface area contributed by atoms with Crippen molar-refractivity contribution in [3.63, 3.8) is 0 Å².